The van der Waals surface area contributed by atoms with Crippen LogP contribution in [0, 0.1) is 0 Å². The van der Waals surface area contributed by atoms with E-state index in [1.807, 2.05) is 12.1 Å². The topological polar surface area (TPSA) is 41.1 Å². The van der Waals surface area contributed by atoms with Crippen LogP contribution in [0.3, 0.4) is 0 Å². The molecule has 1 aliphatic rings. The molecule has 0 saturated carbocycles. The Kier molecular flexibility index (Phi) is 5.35. The zero-order chi connectivity index (χ0) is 12.8. The van der Waals surface area contributed by atoms with Gasteiger partial charge in [0.1, 0.15) is 0 Å². The summed E-state index contributed by atoms with van der Waals surface area (Å²) in [7, 11) is 0. The van der Waals surface area contributed by atoms with E-state index >= 15 is 0 Å². The van der Waals surface area contributed by atoms with Gasteiger partial charge < -0.3 is 10.6 Å². The SMILES string of the molecule is O=C(CSC1CCNCC1)Nc1cccc(Cl)c1. The van der Waals surface area contributed by atoms with Crippen molar-refractivity contribution < 1.29 is 4.79 Å². The van der Waals surface area contributed by atoms with Crippen molar-refractivity contribution in [2.45, 2.75) is 18.1 Å². The number of amides is 1. The molecule has 3 nitrogen and oxygen atoms in total. The van der Waals surface area contributed by atoms with Gasteiger partial charge in [0.2, 0.25) is 5.91 Å². The number of benzene rings is 1. The van der Waals surface area contributed by atoms with Crippen molar-refractivity contribution in [3.63, 3.8) is 0 Å². The molecule has 0 aromatic heterocycles. The van der Waals surface area contributed by atoms with E-state index in [1.54, 1.807) is 23.9 Å². The molecule has 0 spiro atoms. The van der Waals surface area contributed by atoms with Crippen LogP contribution < -0.4 is 10.6 Å². The van der Waals surface area contributed by atoms with E-state index in [2.05, 4.69) is 10.6 Å². The van der Waals surface area contributed by atoms with Crippen LogP contribution >= 0.6 is 23.4 Å². The number of halogens is 1. The summed E-state index contributed by atoms with van der Waals surface area (Å²) in [6.45, 7) is 2.13. The predicted molar refractivity (Wildman–Crippen MR) is 78.4 cm³/mol. The lowest BCUT2D eigenvalue weighted by atomic mass is 10.2. The van der Waals surface area contributed by atoms with Crippen molar-refractivity contribution in [3.8, 4) is 0 Å². The number of anilines is 1. The summed E-state index contributed by atoms with van der Waals surface area (Å²) in [5.41, 5.74) is 0.762. The molecule has 0 unspecified atom stereocenters. The molecule has 98 valence electrons. The van der Waals surface area contributed by atoms with Gasteiger partial charge in [-0.1, -0.05) is 17.7 Å². The lowest BCUT2D eigenvalue weighted by Gasteiger charge is -2.21. The second-order valence-electron chi connectivity index (χ2n) is 4.32. The van der Waals surface area contributed by atoms with Crippen molar-refractivity contribution >= 4 is 35.0 Å². The first-order chi connectivity index (χ1) is 8.74. The quantitative estimate of drug-likeness (QED) is 0.893. The van der Waals surface area contributed by atoms with Crippen LogP contribution in [-0.4, -0.2) is 30.0 Å². The Bertz CT molecular complexity index is 408. The minimum Gasteiger partial charge on any atom is -0.325 e. The summed E-state index contributed by atoms with van der Waals surface area (Å²) >= 11 is 7.61. The Labute approximate surface area is 117 Å². The normalized spacial score (nSPS) is 16.5. The number of piperidine rings is 1. The number of carbonyl (C=O) groups excluding carboxylic acids is 1. The fourth-order valence-electron chi connectivity index (χ4n) is 1.92. The van der Waals surface area contributed by atoms with E-state index in [0.717, 1.165) is 31.6 Å². The highest BCUT2D eigenvalue weighted by molar-refractivity contribution is 8.00. The Morgan fingerprint density at radius 2 is 2.22 bits per heavy atom. The highest BCUT2D eigenvalue weighted by atomic mass is 35.5. The zero-order valence-corrected chi connectivity index (χ0v) is 11.7. The van der Waals surface area contributed by atoms with Gasteiger partial charge in [-0.3, -0.25) is 4.79 Å². The fraction of sp³-hybridized carbons (Fsp3) is 0.462. The summed E-state index contributed by atoms with van der Waals surface area (Å²) in [5.74, 6) is 0.553. The molecule has 1 heterocycles. The van der Waals surface area contributed by atoms with Crippen molar-refractivity contribution in [2.24, 2.45) is 0 Å². The predicted octanol–water partition coefficient (Wildman–Crippen LogP) is 2.76. The van der Waals surface area contributed by atoms with Crippen molar-refractivity contribution in [2.75, 3.05) is 24.2 Å². The van der Waals surface area contributed by atoms with E-state index < -0.39 is 0 Å². The molecule has 0 aliphatic carbocycles. The molecule has 1 saturated heterocycles. The first-order valence-corrected chi connectivity index (χ1v) is 7.54. The summed E-state index contributed by atoms with van der Waals surface area (Å²) in [6, 6.07) is 7.23. The summed E-state index contributed by atoms with van der Waals surface area (Å²) in [6.07, 6.45) is 2.30. The van der Waals surface area contributed by atoms with Crippen LogP contribution in [0.4, 0.5) is 5.69 Å². The van der Waals surface area contributed by atoms with E-state index in [1.165, 1.54) is 0 Å². The van der Waals surface area contributed by atoms with Gasteiger partial charge in [0.15, 0.2) is 0 Å². The van der Waals surface area contributed by atoms with Crippen molar-refractivity contribution in [3.05, 3.63) is 29.3 Å². The monoisotopic (exact) mass is 284 g/mol. The maximum Gasteiger partial charge on any atom is 0.234 e. The third kappa shape index (κ3) is 4.52. The molecular formula is C13H17ClN2OS. The Balaban J connectivity index is 1.74. The molecule has 1 fully saturated rings. The molecule has 2 rings (SSSR count). The molecule has 5 heteroatoms. The van der Waals surface area contributed by atoms with Gasteiger partial charge in [-0.05, 0) is 44.1 Å². The molecule has 2 N–H and O–H groups in total. The van der Waals surface area contributed by atoms with Gasteiger partial charge in [0, 0.05) is 16.0 Å². The second kappa shape index (κ2) is 7.02. The third-order valence-electron chi connectivity index (χ3n) is 2.84. The highest BCUT2D eigenvalue weighted by Gasteiger charge is 2.14. The van der Waals surface area contributed by atoms with Gasteiger partial charge in [-0.2, -0.15) is 0 Å². The highest BCUT2D eigenvalue weighted by Crippen LogP contribution is 2.21. The largest absolute Gasteiger partial charge is 0.325 e. The lowest BCUT2D eigenvalue weighted by molar-refractivity contribution is -0.113. The van der Waals surface area contributed by atoms with Crippen LogP contribution in [0.25, 0.3) is 0 Å². The number of thioether (sulfide) groups is 1. The average molecular weight is 285 g/mol. The third-order valence-corrected chi connectivity index (χ3v) is 4.45. The maximum atomic E-state index is 11.8. The van der Waals surface area contributed by atoms with E-state index in [9.17, 15) is 4.79 Å². The number of rotatable bonds is 4. The average Bonchev–Trinajstić information content (AvgIpc) is 2.38. The number of hydrogen-bond donors (Lipinski definition) is 2. The first kappa shape index (κ1) is 13.7. The molecule has 0 radical (unpaired) electrons. The lowest BCUT2D eigenvalue weighted by Crippen LogP contribution is -2.30. The maximum absolute atomic E-state index is 11.8. The van der Waals surface area contributed by atoms with Crippen LogP contribution in [0.1, 0.15) is 12.8 Å². The van der Waals surface area contributed by atoms with E-state index in [-0.39, 0.29) is 5.91 Å². The Morgan fingerprint density at radius 1 is 1.44 bits per heavy atom. The van der Waals surface area contributed by atoms with Gasteiger partial charge >= 0.3 is 0 Å². The zero-order valence-electron chi connectivity index (χ0n) is 10.1. The first-order valence-electron chi connectivity index (χ1n) is 6.12. The Hall–Kier alpha value is -0.710. The molecule has 1 aromatic carbocycles. The van der Waals surface area contributed by atoms with Crippen molar-refractivity contribution in [1.29, 1.82) is 0 Å². The van der Waals surface area contributed by atoms with Crippen LogP contribution in [0.15, 0.2) is 24.3 Å². The molecule has 0 bridgehead atoms. The molecule has 0 atom stereocenters. The van der Waals surface area contributed by atoms with Crippen molar-refractivity contribution in [1.82, 2.24) is 5.32 Å². The van der Waals surface area contributed by atoms with E-state index in [4.69, 9.17) is 11.6 Å². The van der Waals surface area contributed by atoms with Crippen LogP contribution in [0.5, 0.6) is 0 Å². The molecule has 1 amide bonds. The van der Waals surface area contributed by atoms with Gasteiger partial charge in [-0.25, -0.2) is 0 Å². The minimum atomic E-state index is 0.0424. The molecule has 18 heavy (non-hydrogen) atoms. The second-order valence-corrected chi connectivity index (χ2v) is 6.04. The Morgan fingerprint density at radius 3 is 2.94 bits per heavy atom. The van der Waals surface area contributed by atoms with E-state index in [0.29, 0.717) is 16.0 Å². The fourth-order valence-corrected chi connectivity index (χ4v) is 3.14. The summed E-state index contributed by atoms with van der Waals surface area (Å²) < 4.78 is 0. The summed E-state index contributed by atoms with van der Waals surface area (Å²) in [5, 5.41) is 7.43. The standard InChI is InChI=1S/C13H17ClN2OS/c14-10-2-1-3-11(8-10)16-13(17)9-18-12-4-6-15-7-5-12/h1-3,8,12,15H,4-7,9H2,(H,16,17). The van der Waals surface area contributed by atoms with Gasteiger partial charge in [0.05, 0.1) is 5.75 Å². The number of carbonyl (C=O) groups is 1. The summed E-state index contributed by atoms with van der Waals surface area (Å²) in [4.78, 5) is 11.8. The smallest absolute Gasteiger partial charge is 0.234 e. The van der Waals surface area contributed by atoms with Gasteiger partial charge in [0.25, 0.3) is 0 Å². The molecule has 1 aromatic rings. The molecule has 1 aliphatic heterocycles. The van der Waals surface area contributed by atoms with Crippen LogP contribution in [0.2, 0.25) is 5.02 Å². The number of hydrogen-bond acceptors (Lipinski definition) is 3. The van der Waals surface area contributed by atoms with Crippen LogP contribution in [-0.2, 0) is 4.79 Å². The minimum absolute atomic E-state index is 0.0424. The molecular weight excluding hydrogens is 268 g/mol. The number of nitrogens with one attached hydrogen (secondary N) is 2. The van der Waals surface area contributed by atoms with Gasteiger partial charge in [-0.15, -0.1) is 11.8 Å².